The fraction of sp³-hybridized carbons (Fsp3) is 0.391. The van der Waals surface area contributed by atoms with E-state index >= 15 is 0 Å². The summed E-state index contributed by atoms with van der Waals surface area (Å²) in [5.41, 5.74) is 0.982. The van der Waals surface area contributed by atoms with Gasteiger partial charge in [-0.05, 0) is 30.5 Å². The van der Waals surface area contributed by atoms with E-state index in [1.165, 1.54) is 11.0 Å². The molecule has 0 aliphatic heterocycles. The second-order valence-corrected chi connectivity index (χ2v) is 7.75. The first kappa shape index (κ1) is 23.9. The molecular formula is C23H29N3O5. The van der Waals surface area contributed by atoms with Gasteiger partial charge in [-0.2, -0.15) is 0 Å². The van der Waals surface area contributed by atoms with E-state index < -0.39 is 11.0 Å². The van der Waals surface area contributed by atoms with Crippen LogP contribution in [0.25, 0.3) is 0 Å². The maximum absolute atomic E-state index is 13.2. The summed E-state index contributed by atoms with van der Waals surface area (Å²) in [6, 6.07) is 12.6. The molecule has 1 unspecified atom stereocenters. The largest absolute Gasteiger partial charge is 0.497 e. The lowest BCUT2D eigenvalue weighted by Gasteiger charge is -2.29. The summed E-state index contributed by atoms with van der Waals surface area (Å²) in [5.74, 6) is 0.267. The van der Waals surface area contributed by atoms with Crippen molar-refractivity contribution in [3.63, 3.8) is 0 Å². The van der Waals surface area contributed by atoms with Gasteiger partial charge < -0.3 is 15.0 Å². The minimum atomic E-state index is -0.750. The van der Waals surface area contributed by atoms with Gasteiger partial charge >= 0.3 is 0 Å². The summed E-state index contributed by atoms with van der Waals surface area (Å²) in [5, 5.41) is 14.2. The summed E-state index contributed by atoms with van der Waals surface area (Å²) in [7, 11) is 1.55. The van der Waals surface area contributed by atoms with Crippen LogP contribution in [-0.4, -0.2) is 41.3 Å². The van der Waals surface area contributed by atoms with Gasteiger partial charge in [-0.1, -0.05) is 44.2 Å². The fourth-order valence-electron chi connectivity index (χ4n) is 3.11. The van der Waals surface area contributed by atoms with Gasteiger partial charge in [0.2, 0.25) is 11.8 Å². The van der Waals surface area contributed by atoms with Gasteiger partial charge in [0.05, 0.1) is 18.5 Å². The molecule has 166 valence electrons. The number of nitrogens with zero attached hydrogens (tertiary/aromatic N) is 2. The molecule has 1 atom stereocenters. The lowest BCUT2D eigenvalue weighted by molar-refractivity contribution is -0.385. The molecule has 0 aliphatic carbocycles. The third-order valence-corrected chi connectivity index (χ3v) is 4.87. The molecule has 0 saturated carbocycles. The molecule has 31 heavy (non-hydrogen) atoms. The van der Waals surface area contributed by atoms with Crippen LogP contribution in [0, 0.1) is 16.0 Å². The van der Waals surface area contributed by atoms with Gasteiger partial charge in [0.15, 0.2) is 0 Å². The summed E-state index contributed by atoms with van der Waals surface area (Å²) in [4.78, 5) is 38.2. The Morgan fingerprint density at radius 2 is 1.84 bits per heavy atom. The molecule has 0 aromatic heterocycles. The average Bonchev–Trinajstić information content (AvgIpc) is 2.75. The van der Waals surface area contributed by atoms with E-state index in [4.69, 9.17) is 4.74 Å². The number of nitro groups is 1. The third kappa shape index (κ3) is 6.80. The van der Waals surface area contributed by atoms with Crippen LogP contribution < -0.4 is 10.1 Å². The number of benzene rings is 2. The van der Waals surface area contributed by atoms with Gasteiger partial charge in [0, 0.05) is 24.7 Å². The van der Waals surface area contributed by atoms with Crippen LogP contribution in [0.5, 0.6) is 5.75 Å². The molecule has 0 bridgehead atoms. The zero-order valence-corrected chi connectivity index (χ0v) is 18.3. The van der Waals surface area contributed by atoms with Crippen molar-refractivity contribution in [1.82, 2.24) is 10.2 Å². The summed E-state index contributed by atoms with van der Waals surface area (Å²) in [6.07, 6.45) is -0.178. The first-order chi connectivity index (χ1) is 14.7. The second-order valence-electron chi connectivity index (χ2n) is 7.75. The first-order valence-electron chi connectivity index (χ1n) is 10.1. The molecular weight excluding hydrogens is 398 g/mol. The highest BCUT2D eigenvalue weighted by Crippen LogP contribution is 2.21. The minimum Gasteiger partial charge on any atom is -0.497 e. The average molecular weight is 428 g/mol. The number of nitro benzene ring substituents is 1. The predicted molar refractivity (Wildman–Crippen MR) is 118 cm³/mol. The molecule has 8 heteroatoms. The predicted octanol–water partition coefficient (Wildman–Crippen LogP) is 3.34. The molecule has 0 saturated heterocycles. The highest BCUT2D eigenvalue weighted by atomic mass is 16.6. The van der Waals surface area contributed by atoms with Crippen molar-refractivity contribution in [2.75, 3.05) is 13.7 Å². The van der Waals surface area contributed by atoms with Gasteiger partial charge in [-0.3, -0.25) is 19.7 Å². The monoisotopic (exact) mass is 427 g/mol. The summed E-state index contributed by atoms with van der Waals surface area (Å²) in [6.45, 7) is 6.30. The van der Waals surface area contributed by atoms with Crippen molar-refractivity contribution >= 4 is 17.5 Å². The Bertz CT molecular complexity index is 929. The molecule has 8 nitrogen and oxygen atoms in total. The van der Waals surface area contributed by atoms with Crippen LogP contribution in [0.3, 0.4) is 0 Å². The van der Waals surface area contributed by atoms with E-state index in [1.807, 2.05) is 26.0 Å². The van der Waals surface area contributed by atoms with E-state index in [0.29, 0.717) is 17.9 Å². The van der Waals surface area contributed by atoms with E-state index in [1.54, 1.807) is 44.4 Å². The number of hydrogen-bond donors (Lipinski definition) is 1. The zero-order chi connectivity index (χ0) is 23.0. The maximum Gasteiger partial charge on any atom is 0.273 e. The van der Waals surface area contributed by atoms with E-state index in [0.717, 1.165) is 5.56 Å². The molecule has 0 fully saturated rings. The second kappa shape index (κ2) is 11.1. The van der Waals surface area contributed by atoms with Crippen LogP contribution in [0.4, 0.5) is 5.69 Å². The van der Waals surface area contributed by atoms with Crippen molar-refractivity contribution in [2.24, 2.45) is 5.92 Å². The quantitative estimate of drug-likeness (QED) is 0.463. The molecule has 1 N–H and O–H groups in total. The molecule has 0 heterocycles. The van der Waals surface area contributed by atoms with Crippen molar-refractivity contribution in [3.8, 4) is 5.75 Å². The number of hydrogen-bond acceptors (Lipinski definition) is 5. The lowest BCUT2D eigenvalue weighted by atomic mass is 10.1. The topological polar surface area (TPSA) is 102 Å². The zero-order valence-electron chi connectivity index (χ0n) is 18.3. The van der Waals surface area contributed by atoms with Crippen LogP contribution in [0.2, 0.25) is 0 Å². The number of nitrogens with one attached hydrogen (secondary N) is 1. The molecule has 2 aromatic rings. The molecule has 0 spiro atoms. The Hall–Kier alpha value is -3.42. The number of carbonyl (C=O) groups excluding carboxylic acids is 2. The Morgan fingerprint density at radius 3 is 2.48 bits per heavy atom. The molecule has 0 radical (unpaired) electrons. The highest BCUT2D eigenvalue weighted by molar-refractivity contribution is 5.88. The van der Waals surface area contributed by atoms with Gasteiger partial charge in [-0.25, -0.2) is 0 Å². The highest BCUT2D eigenvalue weighted by Gasteiger charge is 2.28. The molecule has 2 amide bonds. The summed E-state index contributed by atoms with van der Waals surface area (Å²) >= 11 is 0. The van der Waals surface area contributed by atoms with Crippen LogP contribution in [-0.2, 0) is 22.6 Å². The normalized spacial score (nSPS) is 11.6. The number of carbonyl (C=O) groups is 2. The van der Waals surface area contributed by atoms with Gasteiger partial charge in [0.25, 0.3) is 5.69 Å². The van der Waals surface area contributed by atoms with Crippen molar-refractivity contribution in [1.29, 1.82) is 0 Å². The Kier molecular flexibility index (Phi) is 8.54. The number of amides is 2. The van der Waals surface area contributed by atoms with Crippen molar-refractivity contribution in [2.45, 2.75) is 39.8 Å². The number of rotatable bonds is 10. The standard InChI is InChI=1S/C23H29N3O5/c1-16(2)14-24-23(28)17(3)25(15-18-8-7-10-20(12-18)31-4)22(27)13-19-9-5-6-11-21(19)26(29)30/h5-12,16-17H,13-15H2,1-4H3,(H,24,28). The number of methoxy groups -OCH3 is 1. The Morgan fingerprint density at radius 1 is 1.13 bits per heavy atom. The Labute approximate surface area is 182 Å². The SMILES string of the molecule is COc1cccc(CN(C(=O)Cc2ccccc2[N+](=O)[O-])C(C)C(=O)NCC(C)C)c1. The van der Waals surface area contributed by atoms with E-state index in [-0.39, 0.29) is 36.4 Å². The van der Waals surface area contributed by atoms with Crippen LogP contribution in [0.15, 0.2) is 48.5 Å². The van der Waals surface area contributed by atoms with Crippen molar-refractivity contribution < 1.29 is 19.2 Å². The van der Waals surface area contributed by atoms with E-state index in [2.05, 4.69) is 5.32 Å². The molecule has 0 aliphatic rings. The Balaban J connectivity index is 2.30. The van der Waals surface area contributed by atoms with E-state index in [9.17, 15) is 19.7 Å². The van der Waals surface area contributed by atoms with Crippen LogP contribution >= 0.6 is 0 Å². The lowest BCUT2D eigenvalue weighted by Crippen LogP contribution is -2.48. The minimum absolute atomic E-state index is 0.117. The van der Waals surface area contributed by atoms with Crippen molar-refractivity contribution in [3.05, 3.63) is 69.8 Å². The summed E-state index contributed by atoms with van der Waals surface area (Å²) < 4.78 is 5.25. The van der Waals surface area contributed by atoms with Gasteiger partial charge in [0.1, 0.15) is 11.8 Å². The molecule has 2 rings (SSSR count). The molecule has 2 aromatic carbocycles. The fourth-order valence-corrected chi connectivity index (χ4v) is 3.11. The van der Waals surface area contributed by atoms with Crippen LogP contribution in [0.1, 0.15) is 31.9 Å². The number of para-hydroxylation sites is 1. The first-order valence-corrected chi connectivity index (χ1v) is 10.1. The van der Waals surface area contributed by atoms with Gasteiger partial charge in [-0.15, -0.1) is 0 Å². The number of ether oxygens (including phenoxy) is 1. The maximum atomic E-state index is 13.2. The third-order valence-electron chi connectivity index (χ3n) is 4.87. The smallest absolute Gasteiger partial charge is 0.273 e.